The average molecular weight is 260 g/mol. The van der Waals surface area contributed by atoms with Gasteiger partial charge in [0.25, 0.3) is 0 Å². The van der Waals surface area contributed by atoms with Gasteiger partial charge in [0.2, 0.25) is 5.91 Å². The molecule has 0 aromatic heterocycles. The fourth-order valence-electron chi connectivity index (χ4n) is 2.78. The first-order valence-electron chi connectivity index (χ1n) is 7.09. The molecule has 1 amide bonds. The van der Waals surface area contributed by atoms with Gasteiger partial charge in [-0.3, -0.25) is 4.79 Å². The van der Waals surface area contributed by atoms with Crippen LogP contribution >= 0.6 is 0 Å². The minimum absolute atomic E-state index is 0.0265. The Morgan fingerprint density at radius 2 is 2.05 bits per heavy atom. The molecule has 1 aromatic rings. The minimum atomic E-state index is -0.0904. The Morgan fingerprint density at radius 3 is 2.68 bits per heavy atom. The maximum Gasteiger partial charge on any atom is 0.238 e. The second-order valence-electron chi connectivity index (χ2n) is 6.12. The molecule has 1 heterocycles. The van der Waals surface area contributed by atoms with Crippen molar-refractivity contribution in [1.82, 2.24) is 10.6 Å². The Balaban J connectivity index is 2.01. The van der Waals surface area contributed by atoms with Crippen molar-refractivity contribution in [2.75, 3.05) is 6.54 Å². The molecule has 3 heteroatoms. The quantitative estimate of drug-likeness (QED) is 0.877. The average Bonchev–Trinajstić information content (AvgIpc) is 2.39. The lowest BCUT2D eigenvalue weighted by atomic mass is 9.77. The largest absolute Gasteiger partial charge is 0.348 e. The fourth-order valence-corrected chi connectivity index (χ4v) is 2.78. The SMILES string of the molecule is CC(NC(=O)C1NCCCC1(C)C)c1ccccc1. The molecule has 0 aliphatic carbocycles. The van der Waals surface area contributed by atoms with Gasteiger partial charge in [-0.2, -0.15) is 0 Å². The van der Waals surface area contributed by atoms with Crippen LogP contribution in [-0.4, -0.2) is 18.5 Å². The van der Waals surface area contributed by atoms with Crippen molar-refractivity contribution in [2.45, 2.75) is 45.7 Å². The molecule has 3 nitrogen and oxygen atoms in total. The molecule has 0 bridgehead atoms. The Morgan fingerprint density at radius 1 is 1.37 bits per heavy atom. The first-order valence-corrected chi connectivity index (χ1v) is 7.09. The summed E-state index contributed by atoms with van der Waals surface area (Å²) < 4.78 is 0. The van der Waals surface area contributed by atoms with Gasteiger partial charge >= 0.3 is 0 Å². The van der Waals surface area contributed by atoms with Gasteiger partial charge < -0.3 is 10.6 Å². The molecule has 0 radical (unpaired) electrons. The molecule has 104 valence electrons. The monoisotopic (exact) mass is 260 g/mol. The molecule has 2 unspecified atom stereocenters. The zero-order valence-corrected chi connectivity index (χ0v) is 12.1. The van der Waals surface area contributed by atoms with Crippen LogP contribution in [0.1, 0.15) is 45.2 Å². The van der Waals surface area contributed by atoms with E-state index < -0.39 is 0 Å². The first-order chi connectivity index (χ1) is 9.00. The zero-order chi connectivity index (χ0) is 13.9. The Bertz CT molecular complexity index is 428. The summed E-state index contributed by atoms with van der Waals surface area (Å²) in [5, 5.41) is 6.47. The van der Waals surface area contributed by atoms with Crippen molar-refractivity contribution in [2.24, 2.45) is 5.41 Å². The van der Waals surface area contributed by atoms with E-state index in [1.807, 2.05) is 37.3 Å². The molecule has 1 fully saturated rings. The number of carbonyl (C=O) groups excluding carboxylic acids is 1. The van der Waals surface area contributed by atoms with Gasteiger partial charge in [0, 0.05) is 0 Å². The highest BCUT2D eigenvalue weighted by Crippen LogP contribution is 2.30. The molecule has 1 saturated heterocycles. The predicted octanol–water partition coefficient (Wildman–Crippen LogP) is 2.64. The third kappa shape index (κ3) is 3.35. The van der Waals surface area contributed by atoms with E-state index in [4.69, 9.17) is 0 Å². The molecule has 0 spiro atoms. The maximum atomic E-state index is 12.4. The predicted molar refractivity (Wildman–Crippen MR) is 77.8 cm³/mol. The van der Waals surface area contributed by atoms with Crippen LogP contribution in [0.25, 0.3) is 0 Å². The Kier molecular flexibility index (Phi) is 4.25. The number of nitrogens with one attached hydrogen (secondary N) is 2. The number of amides is 1. The highest BCUT2D eigenvalue weighted by molar-refractivity contribution is 5.83. The summed E-state index contributed by atoms with van der Waals surface area (Å²) in [6.07, 6.45) is 2.24. The van der Waals surface area contributed by atoms with Crippen molar-refractivity contribution in [1.29, 1.82) is 0 Å². The number of piperidine rings is 1. The van der Waals surface area contributed by atoms with Crippen LogP contribution in [0.15, 0.2) is 30.3 Å². The molecule has 19 heavy (non-hydrogen) atoms. The van der Waals surface area contributed by atoms with Crippen LogP contribution in [0.2, 0.25) is 0 Å². The van der Waals surface area contributed by atoms with Crippen molar-refractivity contribution in [3.8, 4) is 0 Å². The Labute approximate surface area is 115 Å². The van der Waals surface area contributed by atoms with E-state index in [-0.39, 0.29) is 23.4 Å². The number of rotatable bonds is 3. The van der Waals surface area contributed by atoms with E-state index in [1.54, 1.807) is 0 Å². The van der Waals surface area contributed by atoms with E-state index in [1.165, 1.54) is 0 Å². The number of benzene rings is 1. The lowest BCUT2D eigenvalue weighted by Gasteiger charge is -2.38. The maximum absolute atomic E-state index is 12.4. The topological polar surface area (TPSA) is 41.1 Å². The van der Waals surface area contributed by atoms with Gasteiger partial charge in [-0.15, -0.1) is 0 Å². The van der Waals surface area contributed by atoms with Gasteiger partial charge in [-0.25, -0.2) is 0 Å². The summed E-state index contributed by atoms with van der Waals surface area (Å²) in [7, 11) is 0. The lowest BCUT2D eigenvalue weighted by molar-refractivity contribution is -0.127. The van der Waals surface area contributed by atoms with Crippen LogP contribution in [0, 0.1) is 5.41 Å². The second-order valence-corrected chi connectivity index (χ2v) is 6.12. The molecule has 2 atom stereocenters. The molecular formula is C16H24N2O. The summed E-state index contributed by atoms with van der Waals surface area (Å²) in [5.74, 6) is 0.112. The minimum Gasteiger partial charge on any atom is -0.348 e. The third-order valence-electron chi connectivity index (χ3n) is 4.05. The normalized spacial score (nSPS) is 23.6. The van der Waals surface area contributed by atoms with Gasteiger partial charge in [0.1, 0.15) is 0 Å². The van der Waals surface area contributed by atoms with Gasteiger partial charge in [0.15, 0.2) is 0 Å². The first kappa shape index (κ1) is 14.1. The lowest BCUT2D eigenvalue weighted by Crippen LogP contribution is -2.55. The number of hydrogen-bond acceptors (Lipinski definition) is 2. The molecule has 1 aliphatic heterocycles. The van der Waals surface area contributed by atoms with Crippen LogP contribution in [0.4, 0.5) is 0 Å². The highest BCUT2D eigenvalue weighted by atomic mass is 16.2. The summed E-state index contributed by atoms with van der Waals surface area (Å²) >= 11 is 0. The van der Waals surface area contributed by atoms with E-state index in [9.17, 15) is 4.79 Å². The van der Waals surface area contributed by atoms with E-state index in [2.05, 4.69) is 24.5 Å². The molecule has 0 saturated carbocycles. The van der Waals surface area contributed by atoms with Crippen LogP contribution in [0.3, 0.4) is 0 Å². The van der Waals surface area contributed by atoms with Crippen LogP contribution < -0.4 is 10.6 Å². The van der Waals surface area contributed by atoms with Crippen molar-refractivity contribution in [3.63, 3.8) is 0 Å². The molecular weight excluding hydrogens is 236 g/mol. The molecule has 2 N–H and O–H groups in total. The summed E-state index contributed by atoms with van der Waals surface area (Å²) in [5.41, 5.74) is 1.17. The summed E-state index contributed by atoms with van der Waals surface area (Å²) in [6, 6.07) is 10.0. The smallest absolute Gasteiger partial charge is 0.238 e. The zero-order valence-electron chi connectivity index (χ0n) is 12.1. The van der Waals surface area contributed by atoms with Crippen LogP contribution in [0.5, 0.6) is 0 Å². The van der Waals surface area contributed by atoms with Crippen molar-refractivity contribution < 1.29 is 4.79 Å². The van der Waals surface area contributed by atoms with Crippen molar-refractivity contribution in [3.05, 3.63) is 35.9 Å². The van der Waals surface area contributed by atoms with E-state index >= 15 is 0 Å². The van der Waals surface area contributed by atoms with Crippen molar-refractivity contribution >= 4 is 5.91 Å². The van der Waals surface area contributed by atoms with Gasteiger partial charge in [-0.05, 0) is 37.3 Å². The summed E-state index contributed by atoms with van der Waals surface area (Å²) in [6.45, 7) is 7.29. The highest BCUT2D eigenvalue weighted by Gasteiger charge is 2.37. The second kappa shape index (κ2) is 5.74. The van der Waals surface area contributed by atoms with E-state index in [0.29, 0.717) is 0 Å². The molecule has 2 rings (SSSR count). The van der Waals surface area contributed by atoms with Crippen LogP contribution in [-0.2, 0) is 4.79 Å². The standard InChI is InChI=1S/C16H24N2O/c1-12(13-8-5-4-6-9-13)18-15(19)14-16(2,3)10-7-11-17-14/h4-6,8-9,12,14,17H,7,10-11H2,1-3H3,(H,18,19). The van der Waals surface area contributed by atoms with Gasteiger partial charge in [0.05, 0.1) is 12.1 Å². The molecule has 1 aliphatic rings. The molecule has 1 aromatic carbocycles. The van der Waals surface area contributed by atoms with Gasteiger partial charge in [-0.1, -0.05) is 44.2 Å². The Hall–Kier alpha value is -1.35. The van der Waals surface area contributed by atoms with E-state index in [0.717, 1.165) is 24.9 Å². The summed E-state index contributed by atoms with van der Waals surface area (Å²) in [4.78, 5) is 12.4. The number of hydrogen-bond donors (Lipinski definition) is 2. The fraction of sp³-hybridized carbons (Fsp3) is 0.562. The number of carbonyl (C=O) groups is 1. The third-order valence-corrected chi connectivity index (χ3v) is 4.05.